The number of nitrogens with zero attached hydrogens (tertiary/aromatic N) is 2. The molecule has 1 atom stereocenters. The monoisotopic (exact) mass is 602 g/mol. The molecule has 1 aliphatic heterocycles. The average molecular weight is 603 g/mol. The Morgan fingerprint density at radius 1 is 1.24 bits per heavy atom. The summed E-state index contributed by atoms with van der Waals surface area (Å²) in [5.74, 6) is -0.449. The highest BCUT2D eigenvalue weighted by Crippen LogP contribution is 2.33. The van der Waals surface area contributed by atoms with E-state index in [0.717, 1.165) is 35.4 Å². The number of carbonyl (C=O) groups excluding carboxylic acids is 2. The number of aromatic nitrogens is 1. The summed E-state index contributed by atoms with van der Waals surface area (Å²) in [4.78, 5) is 41.4. The van der Waals surface area contributed by atoms with Crippen LogP contribution in [-0.2, 0) is 22.6 Å². The molecule has 2 aliphatic rings. The second kappa shape index (κ2) is 10.6. The van der Waals surface area contributed by atoms with Crippen LogP contribution in [-0.4, -0.2) is 28.9 Å². The molecule has 1 aromatic heterocycles. The molecule has 1 fully saturated rings. The minimum absolute atomic E-state index is 0.0410. The molecule has 1 amide bonds. The Morgan fingerprint density at radius 2 is 1.97 bits per heavy atom. The molecule has 0 radical (unpaired) electrons. The maximum Gasteiger partial charge on any atom is 0.387 e. The Balaban J connectivity index is 1.60. The van der Waals surface area contributed by atoms with Gasteiger partial charge in [-0.3, -0.25) is 19.0 Å². The molecule has 2 aromatic carbocycles. The number of Topliss-reactive ketones (excluding diaryl/α,β-unsaturated/α-hetero) is 1. The molecular weight excluding hydrogens is 578 g/mol. The molecule has 5 rings (SSSR count). The number of hydrogen-bond acceptors (Lipinski definition) is 5. The van der Waals surface area contributed by atoms with Gasteiger partial charge >= 0.3 is 6.61 Å². The zero-order valence-corrected chi connectivity index (χ0v) is 23.2. The standard InChI is InChI=1S/C28H25BrF2N2O4S/c1-15-9-20(29)11-19(26(15)37-28(30)31)12-23-27(36)32(25(38-23)13-22(34)17-7-8-17)14-24(35)33-16(2)10-18-5-3-4-6-21(18)33/h3-6,9,11-13,16-17,28H,7-8,10,14H2,1-2H3/b23-12+,25-13-. The van der Waals surface area contributed by atoms with E-state index in [0.29, 0.717) is 21.1 Å². The van der Waals surface area contributed by atoms with Crippen molar-refractivity contribution in [2.75, 3.05) is 4.90 Å². The first-order valence-electron chi connectivity index (χ1n) is 12.2. The molecule has 1 aliphatic carbocycles. The van der Waals surface area contributed by atoms with Crippen molar-refractivity contribution in [3.63, 3.8) is 0 Å². The van der Waals surface area contributed by atoms with E-state index < -0.39 is 12.2 Å². The third-order valence-corrected chi connectivity index (χ3v) is 8.23. The second-order valence-electron chi connectivity index (χ2n) is 9.63. The van der Waals surface area contributed by atoms with Crippen LogP contribution < -0.4 is 24.4 Å². The number of thiazole rings is 1. The Labute approximate surface area is 230 Å². The first-order chi connectivity index (χ1) is 18.1. The number of ether oxygens (including phenoxy) is 1. The number of alkyl halides is 2. The van der Waals surface area contributed by atoms with Crippen LogP contribution in [0.3, 0.4) is 0 Å². The van der Waals surface area contributed by atoms with Gasteiger partial charge in [-0.15, -0.1) is 11.3 Å². The molecule has 6 nitrogen and oxygen atoms in total. The van der Waals surface area contributed by atoms with Crippen molar-refractivity contribution in [1.29, 1.82) is 0 Å². The van der Waals surface area contributed by atoms with Gasteiger partial charge in [0, 0.05) is 33.8 Å². The van der Waals surface area contributed by atoms with Crippen LogP contribution in [0.5, 0.6) is 5.75 Å². The molecular formula is C28H25BrF2N2O4S. The van der Waals surface area contributed by atoms with Gasteiger partial charge in [0.25, 0.3) is 5.56 Å². The van der Waals surface area contributed by atoms with Crippen LogP contribution in [0.4, 0.5) is 14.5 Å². The molecule has 0 bridgehead atoms. The lowest BCUT2D eigenvalue weighted by atomic mass is 10.1. The van der Waals surface area contributed by atoms with E-state index in [1.165, 1.54) is 16.7 Å². The number of para-hydroxylation sites is 1. The molecule has 0 saturated heterocycles. The number of fused-ring (bicyclic) bond motifs is 1. The summed E-state index contributed by atoms with van der Waals surface area (Å²) < 4.78 is 33.5. The predicted molar refractivity (Wildman–Crippen MR) is 146 cm³/mol. The van der Waals surface area contributed by atoms with Crippen LogP contribution in [0, 0.1) is 12.8 Å². The van der Waals surface area contributed by atoms with Crippen molar-refractivity contribution in [3.05, 3.63) is 77.1 Å². The normalized spacial score (nSPS) is 17.8. The fraction of sp³-hybridized carbons (Fsp3) is 0.321. The Morgan fingerprint density at radius 3 is 2.68 bits per heavy atom. The van der Waals surface area contributed by atoms with Gasteiger partial charge in [0.05, 0.1) is 4.53 Å². The van der Waals surface area contributed by atoms with Crippen molar-refractivity contribution in [3.8, 4) is 5.75 Å². The minimum atomic E-state index is -3.04. The van der Waals surface area contributed by atoms with Crippen molar-refractivity contribution >= 4 is 56.8 Å². The number of amides is 1. The summed E-state index contributed by atoms with van der Waals surface area (Å²) >= 11 is 4.42. The Hall–Kier alpha value is -3.11. The number of anilines is 1. The van der Waals surface area contributed by atoms with Crippen molar-refractivity contribution < 1.29 is 23.1 Å². The van der Waals surface area contributed by atoms with Crippen LogP contribution in [0.1, 0.15) is 36.5 Å². The molecule has 198 valence electrons. The van der Waals surface area contributed by atoms with Gasteiger partial charge in [-0.25, -0.2) is 0 Å². The predicted octanol–water partition coefficient (Wildman–Crippen LogP) is 4.15. The summed E-state index contributed by atoms with van der Waals surface area (Å²) in [7, 11) is 0. The Kier molecular flexibility index (Phi) is 7.37. The number of carbonyl (C=O) groups is 2. The number of hydrogen-bond donors (Lipinski definition) is 0. The fourth-order valence-corrected chi connectivity index (χ4v) is 6.44. The van der Waals surface area contributed by atoms with E-state index in [2.05, 4.69) is 15.9 Å². The van der Waals surface area contributed by atoms with Crippen LogP contribution in [0.25, 0.3) is 12.2 Å². The smallest absolute Gasteiger partial charge is 0.387 e. The van der Waals surface area contributed by atoms with E-state index in [4.69, 9.17) is 4.74 Å². The van der Waals surface area contributed by atoms with Crippen LogP contribution in [0.2, 0.25) is 0 Å². The molecule has 3 aromatic rings. The maximum atomic E-state index is 13.6. The van der Waals surface area contributed by atoms with Gasteiger partial charge in [-0.2, -0.15) is 8.78 Å². The van der Waals surface area contributed by atoms with E-state index in [-0.39, 0.29) is 46.0 Å². The lowest BCUT2D eigenvalue weighted by molar-refractivity contribution is -0.119. The van der Waals surface area contributed by atoms with E-state index in [1.54, 1.807) is 24.0 Å². The quantitative estimate of drug-likeness (QED) is 0.407. The summed E-state index contributed by atoms with van der Waals surface area (Å²) in [6, 6.07) is 10.8. The summed E-state index contributed by atoms with van der Waals surface area (Å²) in [5, 5.41) is 0. The number of halogens is 3. The molecule has 0 N–H and O–H groups in total. The van der Waals surface area contributed by atoms with E-state index >= 15 is 0 Å². The van der Waals surface area contributed by atoms with Gasteiger partial charge in [0.2, 0.25) is 5.91 Å². The Bertz CT molecular complexity index is 1610. The lowest BCUT2D eigenvalue weighted by Crippen LogP contribution is -2.42. The molecule has 38 heavy (non-hydrogen) atoms. The summed E-state index contributed by atoms with van der Waals surface area (Å²) in [6.07, 6.45) is 5.22. The van der Waals surface area contributed by atoms with Crippen LogP contribution >= 0.6 is 27.3 Å². The van der Waals surface area contributed by atoms with Gasteiger partial charge in [0.15, 0.2) is 5.78 Å². The van der Waals surface area contributed by atoms with Gasteiger partial charge in [0.1, 0.15) is 17.0 Å². The van der Waals surface area contributed by atoms with Gasteiger partial charge < -0.3 is 9.64 Å². The SMILES string of the molecule is Cc1cc(Br)cc(/C=c2/s/c(=C\C(=O)C3CC3)n(CC(=O)N3c4ccccc4CC3C)c2=O)c1OC(F)F. The topological polar surface area (TPSA) is 68.6 Å². The zero-order valence-electron chi connectivity index (χ0n) is 20.7. The molecule has 1 saturated carbocycles. The van der Waals surface area contributed by atoms with Crippen molar-refractivity contribution in [2.24, 2.45) is 5.92 Å². The molecule has 1 unspecified atom stereocenters. The maximum absolute atomic E-state index is 13.6. The lowest BCUT2D eigenvalue weighted by Gasteiger charge is -2.22. The highest BCUT2D eigenvalue weighted by molar-refractivity contribution is 9.10. The largest absolute Gasteiger partial charge is 0.434 e. The molecule has 10 heteroatoms. The summed E-state index contributed by atoms with van der Waals surface area (Å²) in [5.41, 5.74) is 2.16. The highest BCUT2D eigenvalue weighted by atomic mass is 79.9. The van der Waals surface area contributed by atoms with Gasteiger partial charge in [-0.1, -0.05) is 34.1 Å². The first kappa shape index (κ1) is 26.5. The zero-order chi connectivity index (χ0) is 27.1. The average Bonchev–Trinajstić information content (AvgIpc) is 3.59. The molecule has 2 heterocycles. The van der Waals surface area contributed by atoms with Crippen LogP contribution in [0.15, 0.2) is 45.7 Å². The number of benzene rings is 2. The third-order valence-electron chi connectivity index (χ3n) is 6.71. The second-order valence-corrected chi connectivity index (χ2v) is 11.6. The minimum Gasteiger partial charge on any atom is -0.434 e. The van der Waals surface area contributed by atoms with E-state index in [9.17, 15) is 23.2 Å². The van der Waals surface area contributed by atoms with Crippen molar-refractivity contribution in [1.82, 2.24) is 4.57 Å². The third kappa shape index (κ3) is 5.37. The molecule has 0 spiro atoms. The van der Waals surface area contributed by atoms with Gasteiger partial charge in [-0.05, 0) is 68.5 Å². The summed E-state index contributed by atoms with van der Waals surface area (Å²) in [6.45, 7) is 0.305. The first-order valence-corrected chi connectivity index (χ1v) is 13.8. The fourth-order valence-electron chi connectivity index (χ4n) is 4.81. The number of aryl methyl sites for hydroxylation is 1. The number of ketones is 1. The van der Waals surface area contributed by atoms with E-state index in [1.807, 2.05) is 31.2 Å². The van der Waals surface area contributed by atoms with Crippen molar-refractivity contribution in [2.45, 2.75) is 52.3 Å². The number of rotatable bonds is 7. The highest BCUT2D eigenvalue weighted by Gasteiger charge is 2.31.